The maximum absolute atomic E-state index is 13.0. The van der Waals surface area contributed by atoms with Gasteiger partial charge in [-0.05, 0) is 36.8 Å². The van der Waals surface area contributed by atoms with E-state index < -0.39 is 6.43 Å². The molecule has 0 fully saturated rings. The lowest BCUT2D eigenvalue weighted by atomic mass is 10.1. The standard InChI is InChI=1S/C17H9Cl2F2N3OS/c1-7-4-10(15(20)21)23-16-12(7)13-14(26-16)17(25)24(6-22-13)11-3-2-8(18)5-9(11)19/h2-6,15H,1H3. The van der Waals surface area contributed by atoms with Crippen LogP contribution in [0, 0.1) is 6.92 Å². The van der Waals surface area contributed by atoms with Gasteiger partial charge in [0.2, 0.25) is 0 Å². The Hall–Kier alpha value is -2.09. The van der Waals surface area contributed by atoms with Crippen LogP contribution in [0.2, 0.25) is 10.0 Å². The number of benzene rings is 1. The van der Waals surface area contributed by atoms with E-state index in [4.69, 9.17) is 23.2 Å². The summed E-state index contributed by atoms with van der Waals surface area (Å²) in [5.74, 6) is 0. The van der Waals surface area contributed by atoms with E-state index in [0.29, 0.717) is 41.7 Å². The lowest BCUT2D eigenvalue weighted by Gasteiger charge is -2.07. The number of fused-ring (bicyclic) bond motifs is 3. The number of thiophene rings is 1. The zero-order valence-corrected chi connectivity index (χ0v) is 15.5. The van der Waals surface area contributed by atoms with Crippen LogP contribution in [-0.2, 0) is 0 Å². The van der Waals surface area contributed by atoms with E-state index in [9.17, 15) is 13.6 Å². The quantitative estimate of drug-likeness (QED) is 0.434. The van der Waals surface area contributed by atoms with Crippen molar-refractivity contribution in [2.45, 2.75) is 13.3 Å². The molecular formula is C17H9Cl2F2N3OS. The van der Waals surface area contributed by atoms with E-state index >= 15 is 0 Å². The Morgan fingerprint density at radius 3 is 2.69 bits per heavy atom. The van der Waals surface area contributed by atoms with Crippen molar-refractivity contribution in [2.75, 3.05) is 0 Å². The number of hydrogen-bond acceptors (Lipinski definition) is 4. The van der Waals surface area contributed by atoms with Gasteiger partial charge >= 0.3 is 0 Å². The summed E-state index contributed by atoms with van der Waals surface area (Å²) in [6.45, 7) is 1.70. The maximum atomic E-state index is 13.0. The molecule has 4 nitrogen and oxygen atoms in total. The third kappa shape index (κ3) is 2.67. The van der Waals surface area contributed by atoms with Gasteiger partial charge in [0.1, 0.15) is 21.6 Å². The molecule has 1 aromatic carbocycles. The van der Waals surface area contributed by atoms with Crippen LogP contribution in [0.5, 0.6) is 0 Å². The van der Waals surface area contributed by atoms with Gasteiger partial charge in [-0.25, -0.2) is 18.7 Å². The molecule has 0 aliphatic carbocycles. The second-order valence-corrected chi connectivity index (χ2v) is 7.48. The molecule has 0 spiro atoms. The smallest absolute Gasteiger partial charge is 0.267 e. The second kappa shape index (κ2) is 6.26. The largest absolute Gasteiger partial charge is 0.280 e. The molecule has 0 saturated heterocycles. The zero-order valence-electron chi connectivity index (χ0n) is 13.1. The van der Waals surface area contributed by atoms with Crippen molar-refractivity contribution < 1.29 is 8.78 Å². The minimum atomic E-state index is -2.68. The molecule has 0 saturated carbocycles. The molecule has 4 aromatic rings. The Labute approximate surface area is 159 Å². The lowest BCUT2D eigenvalue weighted by molar-refractivity contribution is 0.146. The van der Waals surface area contributed by atoms with Gasteiger partial charge in [-0.2, -0.15) is 0 Å². The molecule has 0 bridgehead atoms. The van der Waals surface area contributed by atoms with Crippen LogP contribution in [0.15, 0.2) is 35.4 Å². The van der Waals surface area contributed by atoms with E-state index in [2.05, 4.69) is 9.97 Å². The SMILES string of the molecule is Cc1cc(C(F)F)nc2sc3c(=O)n(-c4ccc(Cl)cc4Cl)cnc3c12. The van der Waals surface area contributed by atoms with Gasteiger partial charge < -0.3 is 0 Å². The van der Waals surface area contributed by atoms with Crippen molar-refractivity contribution in [3.63, 3.8) is 0 Å². The van der Waals surface area contributed by atoms with E-state index in [1.54, 1.807) is 19.1 Å². The molecular weight excluding hydrogens is 403 g/mol. The van der Waals surface area contributed by atoms with Crippen LogP contribution in [-0.4, -0.2) is 14.5 Å². The highest BCUT2D eigenvalue weighted by atomic mass is 35.5. The van der Waals surface area contributed by atoms with Gasteiger partial charge in [-0.1, -0.05) is 23.2 Å². The van der Waals surface area contributed by atoms with Crippen molar-refractivity contribution in [3.8, 4) is 5.69 Å². The fourth-order valence-corrected chi connectivity index (χ4v) is 4.43. The van der Waals surface area contributed by atoms with Gasteiger partial charge in [0.05, 0.1) is 16.2 Å². The predicted molar refractivity (Wildman–Crippen MR) is 100 cm³/mol. The van der Waals surface area contributed by atoms with Gasteiger partial charge in [-0.3, -0.25) is 9.36 Å². The Bertz CT molecular complexity index is 1240. The minimum Gasteiger partial charge on any atom is -0.267 e. The molecule has 0 unspecified atom stereocenters. The first-order valence-corrected chi connectivity index (χ1v) is 8.99. The summed E-state index contributed by atoms with van der Waals surface area (Å²) >= 11 is 13.1. The zero-order chi connectivity index (χ0) is 18.6. The first kappa shape index (κ1) is 17.3. The topological polar surface area (TPSA) is 47.8 Å². The van der Waals surface area contributed by atoms with Crippen LogP contribution in [0.25, 0.3) is 26.1 Å². The normalized spacial score (nSPS) is 11.8. The maximum Gasteiger partial charge on any atom is 0.280 e. The Morgan fingerprint density at radius 1 is 1.23 bits per heavy atom. The van der Waals surface area contributed by atoms with Gasteiger partial charge in [0, 0.05) is 10.4 Å². The number of nitrogens with zero attached hydrogens (tertiary/aromatic N) is 3. The number of aromatic nitrogens is 3. The first-order valence-electron chi connectivity index (χ1n) is 7.42. The van der Waals surface area contributed by atoms with E-state index in [0.717, 1.165) is 11.3 Å². The third-order valence-corrected chi connectivity index (χ3v) is 5.56. The summed E-state index contributed by atoms with van der Waals surface area (Å²) in [7, 11) is 0. The first-order chi connectivity index (χ1) is 12.4. The molecule has 26 heavy (non-hydrogen) atoms. The molecule has 0 N–H and O–H groups in total. The number of rotatable bonds is 2. The number of alkyl halides is 2. The summed E-state index contributed by atoms with van der Waals surface area (Å²) in [6, 6.07) is 6.08. The number of halogens is 4. The van der Waals surface area contributed by atoms with Crippen molar-refractivity contribution in [1.29, 1.82) is 0 Å². The summed E-state index contributed by atoms with van der Waals surface area (Å²) in [6.07, 6.45) is -1.31. The van der Waals surface area contributed by atoms with E-state index in [1.165, 1.54) is 23.0 Å². The van der Waals surface area contributed by atoms with Crippen LogP contribution >= 0.6 is 34.5 Å². The molecule has 0 atom stereocenters. The Kier molecular flexibility index (Phi) is 4.17. The fourth-order valence-electron chi connectivity index (χ4n) is 2.79. The average Bonchev–Trinajstić information content (AvgIpc) is 2.96. The lowest BCUT2D eigenvalue weighted by Crippen LogP contribution is -2.18. The van der Waals surface area contributed by atoms with Gasteiger partial charge in [-0.15, -0.1) is 11.3 Å². The van der Waals surface area contributed by atoms with Crippen molar-refractivity contribution in [1.82, 2.24) is 14.5 Å². The van der Waals surface area contributed by atoms with Gasteiger partial charge in [0.25, 0.3) is 12.0 Å². The molecule has 3 heterocycles. The van der Waals surface area contributed by atoms with Gasteiger partial charge in [0.15, 0.2) is 0 Å². The predicted octanol–water partition coefficient (Wildman–Crippen LogP) is 5.55. The number of aryl methyl sites for hydroxylation is 1. The molecule has 0 radical (unpaired) electrons. The van der Waals surface area contributed by atoms with Crippen LogP contribution in [0.3, 0.4) is 0 Å². The van der Waals surface area contributed by atoms with Crippen LogP contribution in [0.1, 0.15) is 17.7 Å². The van der Waals surface area contributed by atoms with Crippen molar-refractivity contribution in [2.24, 2.45) is 0 Å². The van der Waals surface area contributed by atoms with Crippen molar-refractivity contribution >= 4 is 55.0 Å². The van der Waals surface area contributed by atoms with E-state index in [-0.39, 0.29) is 11.3 Å². The fraction of sp³-hybridized carbons (Fsp3) is 0.118. The Balaban J connectivity index is 2.03. The monoisotopic (exact) mass is 411 g/mol. The molecule has 9 heteroatoms. The highest BCUT2D eigenvalue weighted by molar-refractivity contribution is 7.25. The summed E-state index contributed by atoms with van der Waals surface area (Å²) in [5.41, 5.74) is 0.821. The molecule has 0 amide bonds. The second-order valence-electron chi connectivity index (χ2n) is 5.64. The molecule has 4 rings (SSSR count). The summed E-state index contributed by atoms with van der Waals surface area (Å²) < 4.78 is 27.6. The number of pyridine rings is 1. The molecule has 0 aliphatic heterocycles. The summed E-state index contributed by atoms with van der Waals surface area (Å²) in [5, 5.41) is 1.36. The highest BCUT2D eigenvalue weighted by Crippen LogP contribution is 2.34. The molecule has 0 aliphatic rings. The van der Waals surface area contributed by atoms with Crippen LogP contribution in [0.4, 0.5) is 8.78 Å². The molecule has 3 aromatic heterocycles. The minimum absolute atomic E-state index is 0.302. The number of hydrogen-bond donors (Lipinski definition) is 0. The van der Waals surface area contributed by atoms with E-state index in [1.807, 2.05) is 0 Å². The third-order valence-electron chi connectivity index (χ3n) is 3.96. The highest BCUT2D eigenvalue weighted by Gasteiger charge is 2.19. The average molecular weight is 412 g/mol. The Morgan fingerprint density at radius 2 is 2.00 bits per heavy atom. The molecule has 132 valence electrons. The summed E-state index contributed by atoms with van der Waals surface area (Å²) in [4.78, 5) is 21.6. The van der Waals surface area contributed by atoms with Crippen LogP contribution < -0.4 is 5.56 Å². The van der Waals surface area contributed by atoms with Crippen molar-refractivity contribution in [3.05, 3.63) is 62.2 Å².